The van der Waals surface area contributed by atoms with Crippen molar-refractivity contribution in [2.45, 2.75) is 38.1 Å². The van der Waals surface area contributed by atoms with E-state index in [2.05, 4.69) is 35.6 Å². The van der Waals surface area contributed by atoms with Crippen LogP contribution in [0.15, 0.2) is 48.5 Å². The van der Waals surface area contributed by atoms with Crippen LogP contribution in [0.1, 0.15) is 35.4 Å². The molecule has 0 aromatic heterocycles. The van der Waals surface area contributed by atoms with Crippen LogP contribution >= 0.6 is 0 Å². The molecule has 0 bridgehead atoms. The lowest BCUT2D eigenvalue weighted by Crippen LogP contribution is -2.25. The van der Waals surface area contributed by atoms with Gasteiger partial charge < -0.3 is 5.32 Å². The van der Waals surface area contributed by atoms with Crippen LogP contribution in [0, 0.1) is 12.7 Å². The zero-order valence-corrected chi connectivity index (χ0v) is 12.5. The molecular formula is C19H22FN. The summed E-state index contributed by atoms with van der Waals surface area (Å²) < 4.78 is 13.3. The highest BCUT2D eigenvalue weighted by Gasteiger charge is 2.22. The molecule has 0 spiro atoms. The molecule has 0 amide bonds. The largest absolute Gasteiger partial charge is 0.313 e. The highest BCUT2D eigenvalue weighted by Crippen LogP contribution is 2.25. The zero-order chi connectivity index (χ0) is 14.7. The summed E-state index contributed by atoms with van der Waals surface area (Å²) in [5, 5.41) is 3.63. The number of hydrogen-bond donors (Lipinski definition) is 1. The second-order valence-electron chi connectivity index (χ2n) is 6.07. The Hall–Kier alpha value is -1.67. The number of benzene rings is 2. The summed E-state index contributed by atoms with van der Waals surface area (Å²) in [5.74, 6) is 0.291. The van der Waals surface area contributed by atoms with Crippen LogP contribution in [0.3, 0.4) is 0 Å². The fourth-order valence-corrected chi connectivity index (χ4v) is 2.78. The number of halogens is 1. The minimum atomic E-state index is -0.149. The van der Waals surface area contributed by atoms with Gasteiger partial charge in [-0.15, -0.1) is 0 Å². The Bertz CT molecular complexity index is 590. The Morgan fingerprint density at radius 2 is 1.90 bits per heavy atom. The average molecular weight is 283 g/mol. The topological polar surface area (TPSA) is 12.0 Å². The van der Waals surface area contributed by atoms with Crippen LogP contribution in [0.2, 0.25) is 0 Å². The maximum absolute atomic E-state index is 13.3. The fourth-order valence-electron chi connectivity index (χ4n) is 2.78. The third kappa shape index (κ3) is 3.92. The number of aryl methyl sites for hydroxylation is 1. The van der Waals surface area contributed by atoms with Gasteiger partial charge in [-0.2, -0.15) is 0 Å². The molecule has 2 aromatic rings. The first kappa shape index (κ1) is 14.3. The first-order valence-corrected chi connectivity index (χ1v) is 7.76. The first-order valence-electron chi connectivity index (χ1n) is 7.76. The highest BCUT2D eigenvalue weighted by molar-refractivity contribution is 5.30. The van der Waals surface area contributed by atoms with Gasteiger partial charge >= 0.3 is 0 Å². The number of rotatable bonds is 6. The van der Waals surface area contributed by atoms with Crippen LogP contribution < -0.4 is 5.32 Å². The third-order valence-corrected chi connectivity index (χ3v) is 4.27. The van der Waals surface area contributed by atoms with Crippen molar-refractivity contribution in [1.82, 2.24) is 5.32 Å². The molecule has 21 heavy (non-hydrogen) atoms. The summed E-state index contributed by atoms with van der Waals surface area (Å²) in [6.07, 6.45) is 3.56. The van der Waals surface area contributed by atoms with Crippen molar-refractivity contribution in [2.24, 2.45) is 0 Å². The molecule has 0 heterocycles. The van der Waals surface area contributed by atoms with E-state index in [-0.39, 0.29) is 5.82 Å². The lowest BCUT2D eigenvalue weighted by Gasteiger charge is -2.19. The van der Waals surface area contributed by atoms with Crippen molar-refractivity contribution in [3.8, 4) is 0 Å². The molecule has 1 aliphatic carbocycles. The van der Waals surface area contributed by atoms with Crippen molar-refractivity contribution in [3.63, 3.8) is 0 Å². The molecular weight excluding hydrogens is 261 g/mol. The van der Waals surface area contributed by atoms with Crippen molar-refractivity contribution >= 4 is 0 Å². The second kappa shape index (κ2) is 6.40. The van der Waals surface area contributed by atoms with E-state index in [1.807, 2.05) is 13.0 Å². The normalized spacial score (nSPS) is 15.9. The van der Waals surface area contributed by atoms with Crippen LogP contribution in [0.4, 0.5) is 4.39 Å². The monoisotopic (exact) mass is 283 g/mol. The van der Waals surface area contributed by atoms with Crippen molar-refractivity contribution < 1.29 is 4.39 Å². The van der Waals surface area contributed by atoms with Crippen molar-refractivity contribution in [1.29, 1.82) is 0 Å². The molecule has 2 aromatic carbocycles. The molecule has 0 radical (unpaired) electrons. The van der Waals surface area contributed by atoms with Crippen LogP contribution in [0.25, 0.3) is 0 Å². The van der Waals surface area contributed by atoms with E-state index >= 15 is 0 Å². The molecule has 1 nitrogen and oxygen atoms in total. The van der Waals surface area contributed by atoms with E-state index < -0.39 is 0 Å². The van der Waals surface area contributed by atoms with Crippen LogP contribution in [-0.4, -0.2) is 12.6 Å². The number of hydrogen-bond acceptors (Lipinski definition) is 1. The molecule has 0 saturated heterocycles. The molecule has 1 unspecified atom stereocenters. The van der Waals surface area contributed by atoms with Crippen molar-refractivity contribution in [2.75, 3.05) is 6.54 Å². The molecule has 110 valence electrons. The maximum atomic E-state index is 13.3. The zero-order valence-electron chi connectivity index (χ0n) is 12.5. The molecule has 1 aliphatic rings. The van der Waals surface area contributed by atoms with Gasteiger partial charge in [0.1, 0.15) is 5.82 Å². The van der Waals surface area contributed by atoms with Gasteiger partial charge in [0.15, 0.2) is 0 Å². The average Bonchev–Trinajstić information content (AvgIpc) is 3.31. The van der Waals surface area contributed by atoms with E-state index in [1.54, 1.807) is 12.1 Å². The highest BCUT2D eigenvalue weighted by atomic mass is 19.1. The van der Waals surface area contributed by atoms with Gasteiger partial charge in [-0.25, -0.2) is 4.39 Å². The summed E-state index contributed by atoms with van der Waals surface area (Å²) in [4.78, 5) is 0. The van der Waals surface area contributed by atoms with E-state index in [0.29, 0.717) is 12.0 Å². The summed E-state index contributed by atoms with van der Waals surface area (Å²) >= 11 is 0. The molecule has 2 heteroatoms. The van der Waals surface area contributed by atoms with E-state index in [9.17, 15) is 4.39 Å². The smallest absolute Gasteiger partial charge is 0.123 e. The standard InChI is InChI=1S/C19H22FN/c1-14-11-18(20)8-7-16(14)12-17(13-21-19-9-10-19)15-5-3-2-4-6-15/h2-8,11,17,19,21H,9-10,12-13H2,1H3. The quantitative estimate of drug-likeness (QED) is 0.837. The second-order valence-corrected chi connectivity index (χ2v) is 6.07. The van der Waals surface area contributed by atoms with Gasteiger partial charge in [0.05, 0.1) is 0 Å². The maximum Gasteiger partial charge on any atom is 0.123 e. The molecule has 1 fully saturated rings. The van der Waals surface area contributed by atoms with E-state index in [4.69, 9.17) is 0 Å². The lowest BCUT2D eigenvalue weighted by atomic mass is 9.90. The molecule has 3 rings (SSSR count). The van der Waals surface area contributed by atoms with Crippen molar-refractivity contribution in [3.05, 3.63) is 71.0 Å². The van der Waals surface area contributed by atoms with Crippen LogP contribution in [0.5, 0.6) is 0 Å². The van der Waals surface area contributed by atoms with Gasteiger partial charge in [-0.3, -0.25) is 0 Å². The predicted octanol–water partition coefficient (Wildman–Crippen LogP) is 4.21. The van der Waals surface area contributed by atoms with E-state index in [0.717, 1.165) is 18.5 Å². The Kier molecular flexibility index (Phi) is 4.35. The summed E-state index contributed by atoms with van der Waals surface area (Å²) in [7, 11) is 0. The molecule has 0 aliphatic heterocycles. The first-order chi connectivity index (χ1) is 10.2. The number of nitrogens with one attached hydrogen (secondary N) is 1. The minimum absolute atomic E-state index is 0.149. The molecule has 1 saturated carbocycles. The van der Waals surface area contributed by atoms with Gasteiger partial charge in [-0.05, 0) is 55.0 Å². The minimum Gasteiger partial charge on any atom is -0.313 e. The summed E-state index contributed by atoms with van der Waals surface area (Å²) in [5.41, 5.74) is 3.64. The Labute approximate surface area is 126 Å². The third-order valence-electron chi connectivity index (χ3n) is 4.27. The SMILES string of the molecule is Cc1cc(F)ccc1CC(CNC1CC1)c1ccccc1. The van der Waals surface area contributed by atoms with Gasteiger partial charge in [-0.1, -0.05) is 36.4 Å². The molecule has 1 atom stereocenters. The Morgan fingerprint density at radius 1 is 1.14 bits per heavy atom. The summed E-state index contributed by atoms with van der Waals surface area (Å²) in [6.45, 7) is 2.99. The fraction of sp³-hybridized carbons (Fsp3) is 0.368. The Balaban J connectivity index is 1.77. The predicted molar refractivity (Wildman–Crippen MR) is 85.0 cm³/mol. The Morgan fingerprint density at radius 3 is 2.57 bits per heavy atom. The summed E-state index contributed by atoms with van der Waals surface area (Å²) in [6, 6.07) is 16.5. The van der Waals surface area contributed by atoms with E-state index in [1.165, 1.54) is 24.0 Å². The van der Waals surface area contributed by atoms with Gasteiger partial charge in [0, 0.05) is 18.5 Å². The molecule has 1 N–H and O–H groups in total. The van der Waals surface area contributed by atoms with Gasteiger partial charge in [0.25, 0.3) is 0 Å². The van der Waals surface area contributed by atoms with Crippen LogP contribution in [-0.2, 0) is 6.42 Å². The van der Waals surface area contributed by atoms with Gasteiger partial charge in [0.2, 0.25) is 0 Å². The lowest BCUT2D eigenvalue weighted by molar-refractivity contribution is 0.574.